The van der Waals surface area contributed by atoms with E-state index in [1.807, 2.05) is 0 Å². The van der Waals surface area contributed by atoms with Crippen molar-refractivity contribution < 1.29 is 19.6 Å². The van der Waals surface area contributed by atoms with Crippen LogP contribution in [-0.4, -0.2) is 34.1 Å². The first-order chi connectivity index (χ1) is 15.5. The molecule has 0 bridgehead atoms. The highest BCUT2D eigenvalue weighted by Crippen LogP contribution is 2.45. The molecule has 6 nitrogen and oxygen atoms in total. The third-order valence-corrected chi connectivity index (χ3v) is 8.04. The summed E-state index contributed by atoms with van der Waals surface area (Å²) >= 11 is 3.20. The number of nitro benzene ring substituents is 1. The number of carboxylic acids is 1. The number of thioether (sulfide) groups is 2. The molecule has 0 fully saturated rings. The molecule has 0 aliphatic rings. The molecule has 1 atom stereocenters. The second kappa shape index (κ2) is 18.1. The zero-order valence-corrected chi connectivity index (χ0v) is 21.2. The SMILES string of the molecule is CCCCCCCCCCCOc1ccc([N+](=O)[O-])cc1C(SCCC)SCCC(=O)O. The number of benzene rings is 1. The first-order valence-corrected chi connectivity index (χ1v) is 14.0. The van der Waals surface area contributed by atoms with Gasteiger partial charge in [0, 0.05) is 23.4 Å². The molecule has 182 valence electrons. The fourth-order valence-corrected chi connectivity index (χ4v) is 5.91. The minimum absolute atomic E-state index is 0.0383. The third-order valence-electron chi connectivity index (χ3n) is 5.02. The maximum atomic E-state index is 11.3. The number of carboxylic acid groups (broad SMARTS) is 1. The Labute approximate surface area is 201 Å². The van der Waals surface area contributed by atoms with Gasteiger partial charge in [-0.1, -0.05) is 65.2 Å². The van der Waals surface area contributed by atoms with Crippen LogP contribution in [0.3, 0.4) is 0 Å². The molecule has 0 spiro atoms. The van der Waals surface area contributed by atoms with Crippen LogP contribution >= 0.6 is 23.5 Å². The molecule has 0 saturated carbocycles. The van der Waals surface area contributed by atoms with E-state index >= 15 is 0 Å². The maximum absolute atomic E-state index is 11.3. The van der Waals surface area contributed by atoms with Gasteiger partial charge in [-0.25, -0.2) is 0 Å². The van der Waals surface area contributed by atoms with Crippen LogP contribution in [0.2, 0.25) is 0 Å². The molecule has 0 aromatic heterocycles. The normalized spacial score (nSPS) is 11.9. The average Bonchev–Trinajstić information content (AvgIpc) is 2.77. The van der Waals surface area contributed by atoms with Gasteiger partial charge in [-0.2, -0.15) is 0 Å². The van der Waals surface area contributed by atoms with Gasteiger partial charge in [0.05, 0.1) is 22.5 Å². The van der Waals surface area contributed by atoms with E-state index in [2.05, 4.69) is 13.8 Å². The quantitative estimate of drug-likeness (QED) is 0.0870. The molecule has 0 aliphatic carbocycles. The van der Waals surface area contributed by atoms with Gasteiger partial charge in [0.2, 0.25) is 0 Å². The van der Waals surface area contributed by atoms with Crippen molar-refractivity contribution in [3.63, 3.8) is 0 Å². The minimum atomic E-state index is -0.836. The highest BCUT2D eigenvalue weighted by molar-refractivity contribution is 8.16. The Hall–Kier alpha value is -1.41. The molecule has 32 heavy (non-hydrogen) atoms. The van der Waals surface area contributed by atoms with Gasteiger partial charge in [0.25, 0.3) is 5.69 Å². The Kier molecular flexibility index (Phi) is 16.2. The standard InChI is InChI=1S/C24H39NO5S2/c1-3-5-6-7-8-9-10-11-12-16-30-22-14-13-20(25(28)29)19-21(22)24(31-17-4-2)32-18-15-23(26)27/h13-14,19,24H,3-12,15-18H2,1-2H3,(H,26,27). The van der Waals surface area contributed by atoms with E-state index in [-0.39, 0.29) is 16.7 Å². The zero-order valence-electron chi connectivity index (χ0n) is 19.6. The number of nitrogens with zero attached hydrogens (tertiary/aromatic N) is 1. The van der Waals surface area contributed by atoms with E-state index in [1.165, 1.54) is 62.8 Å². The van der Waals surface area contributed by atoms with Crippen LogP contribution in [0.4, 0.5) is 5.69 Å². The molecular weight excluding hydrogens is 446 g/mol. The number of rotatable bonds is 20. The molecule has 1 aromatic carbocycles. The van der Waals surface area contributed by atoms with Gasteiger partial charge in [0.1, 0.15) is 5.75 Å². The minimum Gasteiger partial charge on any atom is -0.493 e. The van der Waals surface area contributed by atoms with Gasteiger partial charge in [0.15, 0.2) is 0 Å². The van der Waals surface area contributed by atoms with Crippen molar-refractivity contribution in [1.29, 1.82) is 0 Å². The van der Waals surface area contributed by atoms with Crippen LogP contribution in [-0.2, 0) is 4.79 Å². The number of hydrogen-bond acceptors (Lipinski definition) is 6. The van der Waals surface area contributed by atoms with Gasteiger partial charge < -0.3 is 9.84 Å². The van der Waals surface area contributed by atoms with E-state index in [4.69, 9.17) is 9.84 Å². The number of hydrogen-bond donors (Lipinski definition) is 1. The van der Waals surface area contributed by atoms with Crippen molar-refractivity contribution in [3.8, 4) is 5.75 Å². The fraction of sp³-hybridized carbons (Fsp3) is 0.708. The Morgan fingerprint density at radius 3 is 2.22 bits per heavy atom. The van der Waals surface area contributed by atoms with Crippen molar-refractivity contribution in [2.75, 3.05) is 18.1 Å². The summed E-state index contributed by atoms with van der Waals surface area (Å²) in [5.74, 6) is 1.19. The van der Waals surface area contributed by atoms with Crippen LogP contribution in [0.5, 0.6) is 5.75 Å². The van der Waals surface area contributed by atoms with Gasteiger partial charge in [-0.15, -0.1) is 23.5 Å². The predicted molar refractivity (Wildman–Crippen MR) is 136 cm³/mol. The van der Waals surface area contributed by atoms with E-state index < -0.39 is 10.9 Å². The molecular formula is C24H39NO5S2. The van der Waals surface area contributed by atoms with E-state index in [1.54, 1.807) is 23.9 Å². The van der Waals surface area contributed by atoms with E-state index in [0.29, 0.717) is 18.1 Å². The largest absolute Gasteiger partial charge is 0.493 e. The zero-order chi connectivity index (χ0) is 23.6. The van der Waals surface area contributed by atoms with Crippen LogP contribution in [0.1, 0.15) is 94.6 Å². The molecule has 1 unspecified atom stereocenters. The third kappa shape index (κ3) is 12.6. The lowest BCUT2D eigenvalue weighted by Crippen LogP contribution is -2.04. The summed E-state index contributed by atoms with van der Waals surface area (Å²) in [4.78, 5) is 21.9. The van der Waals surface area contributed by atoms with Crippen LogP contribution in [0.15, 0.2) is 18.2 Å². The van der Waals surface area contributed by atoms with Crippen molar-refractivity contribution in [2.45, 2.75) is 89.1 Å². The highest BCUT2D eigenvalue weighted by atomic mass is 32.2. The van der Waals surface area contributed by atoms with Gasteiger partial charge in [-0.3, -0.25) is 14.9 Å². The van der Waals surface area contributed by atoms with Crippen molar-refractivity contribution in [1.82, 2.24) is 0 Å². The summed E-state index contributed by atoms with van der Waals surface area (Å²) in [7, 11) is 0. The Balaban J connectivity index is 2.66. The molecule has 8 heteroatoms. The summed E-state index contributed by atoms with van der Waals surface area (Å²) in [6.45, 7) is 4.90. The van der Waals surface area contributed by atoms with Crippen LogP contribution in [0.25, 0.3) is 0 Å². The number of unbranched alkanes of at least 4 members (excludes halogenated alkanes) is 8. The van der Waals surface area contributed by atoms with Crippen molar-refractivity contribution in [3.05, 3.63) is 33.9 Å². The number of aliphatic carboxylic acids is 1. The fourth-order valence-electron chi connectivity index (χ4n) is 3.27. The summed E-state index contributed by atoms with van der Waals surface area (Å²) < 4.78 is 5.96. The van der Waals surface area contributed by atoms with Crippen LogP contribution in [0, 0.1) is 10.1 Å². The first-order valence-electron chi connectivity index (χ1n) is 11.9. The molecule has 0 heterocycles. The number of nitro groups is 1. The maximum Gasteiger partial charge on any atom is 0.304 e. The Bertz CT molecular complexity index is 672. The first kappa shape index (κ1) is 28.6. The lowest BCUT2D eigenvalue weighted by molar-refractivity contribution is -0.384. The summed E-state index contributed by atoms with van der Waals surface area (Å²) in [5, 5.41) is 20.3. The molecule has 1 aromatic rings. The molecule has 0 radical (unpaired) electrons. The van der Waals surface area contributed by atoms with Gasteiger partial charge >= 0.3 is 5.97 Å². The Morgan fingerprint density at radius 1 is 1.00 bits per heavy atom. The molecule has 1 N–H and O–H groups in total. The highest BCUT2D eigenvalue weighted by Gasteiger charge is 2.21. The van der Waals surface area contributed by atoms with E-state index in [9.17, 15) is 14.9 Å². The predicted octanol–water partition coefficient (Wildman–Crippen LogP) is 7.85. The smallest absolute Gasteiger partial charge is 0.304 e. The van der Waals surface area contributed by atoms with Crippen LogP contribution < -0.4 is 4.74 Å². The average molecular weight is 486 g/mol. The number of ether oxygens (including phenoxy) is 1. The second-order valence-corrected chi connectivity index (χ2v) is 10.6. The summed E-state index contributed by atoms with van der Waals surface area (Å²) in [6, 6.07) is 4.77. The molecule has 1 rings (SSSR count). The lowest BCUT2D eigenvalue weighted by atomic mass is 10.1. The summed E-state index contributed by atoms with van der Waals surface area (Å²) in [5.41, 5.74) is 0.820. The molecule has 0 amide bonds. The Morgan fingerprint density at radius 2 is 1.62 bits per heavy atom. The van der Waals surface area contributed by atoms with Crippen molar-refractivity contribution >= 4 is 35.2 Å². The molecule has 0 saturated heterocycles. The van der Waals surface area contributed by atoms with Crippen molar-refractivity contribution in [2.24, 2.45) is 0 Å². The van der Waals surface area contributed by atoms with Gasteiger partial charge in [-0.05, 0) is 24.7 Å². The topological polar surface area (TPSA) is 89.7 Å². The number of carbonyl (C=O) groups is 1. The monoisotopic (exact) mass is 485 g/mol. The lowest BCUT2D eigenvalue weighted by Gasteiger charge is -2.20. The summed E-state index contributed by atoms with van der Waals surface area (Å²) in [6.07, 6.45) is 12.2. The molecule has 0 aliphatic heterocycles. The second-order valence-electron chi connectivity index (χ2n) is 7.87. The van der Waals surface area contributed by atoms with E-state index in [0.717, 1.165) is 30.6 Å². The number of non-ortho nitro benzene ring substituents is 1.